The lowest BCUT2D eigenvalue weighted by Gasteiger charge is -2.14. The molecule has 0 saturated heterocycles. The van der Waals surface area contributed by atoms with Gasteiger partial charge in [0, 0.05) is 29.4 Å². The number of para-hydroxylation sites is 1. The molecular weight excluding hydrogens is 334 g/mol. The van der Waals surface area contributed by atoms with Crippen molar-refractivity contribution in [1.82, 2.24) is 15.1 Å². The van der Waals surface area contributed by atoms with E-state index in [1.165, 1.54) is 11.1 Å². The van der Waals surface area contributed by atoms with Crippen LogP contribution in [0.3, 0.4) is 0 Å². The summed E-state index contributed by atoms with van der Waals surface area (Å²) in [6.07, 6.45) is 3.66. The Morgan fingerprint density at radius 2 is 1.89 bits per heavy atom. The number of hydrogen-bond donors (Lipinski definition) is 1. The van der Waals surface area contributed by atoms with Gasteiger partial charge in [-0.05, 0) is 49.7 Å². The van der Waals surface area contributed by atoms with Crippen LogP contribution in [0.25, 0.3) is 17.0 Å². The molecule has 0 amide bonds. The van der Waals surface area contributed by atoms with E-state index in [-0.39, 0.29) is 6.04 Å². The number of rotatable bonds is 6. The predicted molar refractivity (Wildman–Crippen MR) is 108 cm³/mol. The van der Waals surface area contributed by atoms with Crippen molar-refractivity contribution in [1.29, 1.82) is 0 Å². The second-order valence-electron chi connectivity index (χ2n) is 6.71. The first-order chi connectivity index (χ1) is 13.2. The van der Waals surface area contributed by atoms with Gasteiger partial charge >= 0.3 is 0 Å². The van der Waals surface area contributed by atoms with Crippen LogP contribution in [-0.4, -0.2) is 9.78 Å². The highest BCUT2D eigenvalue weighted by atomic mass is 16.3. The maximum absolute atomic E-state index is 5.50. The van der Waals surface area contributed by atoms with E-state index in [0.29, 0.717) is 0 Å². The molecule has 136 valence electrons. The molecule has 2 aromatic heterocycles. The minimum Gasteiger partial charge on any atom is -0.464 e. The zero-order valence-electron chi connectivity index (χ0n) is 15.6. The monoisotopic (exact) mass is 357 g/mol. The fraction of sp³-hybridized carbons (Fsp3) is 0.174. The van der Waals surface area contributed by atoms with E-state index in [9.17, 15) is 0 Å². The molecule has 4 aromatic rings. The summed E-state index contributed by atoms with van der Waals surface area (Å²) >= 11 is 0. The first-order valence-corrected chi connectivity index (χ1v) is 9.18. The van der Waals surface area contributed by atoms with Crippen LogP contribution in [0.2, 0.25) is 0 Å². The van der Waals surface area contributed by atoms with Gasteiger partial charge in [-0.15, -0.1) is 0 Å². The average Bonchev–Trinajstić information content (AvgIpc) is 3.37. The number of hydrogen-bond acceptors (Lipinski definition) is 3. The molecule has 2 aromatic carbocycles. The smallest absolute Gasteiger partial charge is 0.133 e. The van der Waals surface area contributed by atoms with E-state index in [1.807, 2.05) is 41.2 Å². The van der Waals surface area contributed by atoms with Crippen LogP contribution in [0, 0.1) is 6.92 Å². The standard InChI is InChI=1S/C23H23N3O/c1-17(22-16-25-26(18(22)2)21-10-4-3-5-11-21)24-15-19-8-6-9-20(14-19)23-12-7-13-27-23/h3-14,16-17,24H,15H2,1-2H3/t17-/m1/s1. The molecule has 1 N–H and O–H groups in total. The molecule has 4 rings (SSSR count). The van der Waals surface area contributed by atoms with E-state index >= 15 is 0 Å². The number of nitrogens with one attached hydrogen (secondary N) is 1. The van der Waals surface area contributed by atoms with Crippen LogP contribution < -0.4 is 5.32 Å². The molecule has 4 heteroatoms. The molecule has 0 spiro atoms. The molecule has 1 atom stereocenters. The van der Waals surface area contributed by atoms with Crippen LogP contribution in [0.1, 0.15) is 29.8 Å². The molecular formula is C23H23N3O. The van der Waals surface area contributed by atoms with Crippen LogP contribution in [-0.2, 0) is 6.54 Å². The molecule has 27 heavy (non-hydrogen) atoms. The summed E-state index contributed by atoms with van der Waals surface area (Å²) < 4.78 is 7.49. The highest BCUT2D eigenvalue weighted by Gasteiger charge is 2.14. The van der Waals surface area contributed by atoms with Gasteiger partial charge < -0.3 is 9.73 Å². The van der Waals surface area contributed by atoms with Gasteiger partial charge in [-0.25, -0.2) is 4.68 Å². The Balaban J connectivity index is 1.47. The van der Waals surface area contributed by atoms with Crippen LogP contribution in [0.4, 0.5) is 0 Å². The molecule has 0 unspecified atom stereocenters. The van der Waals surface area contributed by atoms with Crippen molar-refractivity contribution in [3.8, 4) is 17.0 Å². The number of benzene rings is 2. The number of nitrogens with zero attached hydrogens (tertiary/aromatic N) is 2. The normalized spacial score (nSPS) is 12.2. The Bertz CT molecular complexity index is 1000. The maximum Gasteiger partial charge on any atom is 0.133 e. The summed E-state index contributed by atoms with van der Waals surface area (Å²) in [6.45, 7) is 5.08. The number of furan rings is 1. The Kier molecular flexibility index (Phi) is 4.90. The Morgan fingerprint density at radius 1 is 1.04 bits per heavy atom. The molecule has 0 saturated carbocycles. The first-order valence-electron chi connectivity index (χ1n) is 9.18. The van der Waals surface area contributed by atoms with E-state index in [4.69, 9.17) is 4.42 Å². The van der Waals surface area contributed by atoms with Gasteiger partial charge in [0.2, 0.25) is 0 Å². The lowest BCUT2D eigenvalue weighted by Crippen LogP contribution is -2.18. The third-order valence-electron chi connectivity index (χ3n) is 4.86. The van der Waals surface area contributed by atoms with Gasteiger partial charge in [-0.2, -0.15) is 5.10 Å². The zero-order chi connectivity index (χ0) is 18.6. The number of aromatic nitrogens is 2. The SMILES string of the molecule is Cc1c([C@@H](C)NCc2cccc(-c3ccco3)c2)cnn1-c1ccccc1. The summed E-state index contributed by atoms with van der Waals surface area (Å²) in [6, 6.07) is 22.8. The third kappa shape index (κ3) is 3.71. The fourth-order valence-corrected chi connectivity index (χ4v) is 3.34. The molecule has 0 aliphatic rings. The Hall–Kier alpha value is -3.11. The van der Waals surface area contributed by atoms with Gasteiger partial charge in [0.1, 0.15) is 5.76 Å². The summed E-state index contributed by atoms with van der Waals surface area (Å²) in [5.74, 6) is 0.893. The third-order valence-corrected chi connectivity index (χ3v) is 4.86. The lowest BCUT2D eigenvalue weighted by atomic mass is 10.1. The topological polar surface area (TPSA) is 43.0 Å². The maximum atomic E-state index is 5.50. The van der Waals surface area contributed by atoms with Gasteiger partial charge in [-0.1, -0.05) is 36.4 Å². The first kappa shape index (κ1) is 17.3. The zero-order valence-corrected chi connectivity index (χ0v) is 15.6. The highest BCUT2D eigenvalue weighted by molar-refractivity contribution is 5.58. The molecule has 2 heterocycles. The second-order valence-corrected chi connectivity index (χ2v) is 6.71. The lowest BCUT2D eigenvalue weighted by molar-refractivity contribution is 0.570. The molecule has 0 aliphatic carbocycles. The summed E-state index contributed by atoms with van der Waals surface area (Å²) in [5, 5.41) is 8.18. The van der Waals surface area contributed by atoms with E-state index in [1.54, 1.807) is 6.26 Å². The molecule has 4 nitrogen and oxygen atoms in total. The van der Waals surface area contributed by atoms with Crippen LogP contribution in [0.15, 0.2) is 83.6 Å². The molecule has 0 radical (unpaired) electrons. The predicted octanol–water partition coefficient (Wildman–Crippen LogP) is 5.29. The molecule has 0 fully saturated rings. The minimum absolute atomic E-state index is 0.203. The van der Waals surface area contributed by atoms with Gasteiger partial charge in [0.15, 0.2) is 0 Å². The van der Waals surface area contributed by atoms with Crippen molar-refractivity contribution in [2.75, 3.05) is 0 Å². The minimum atomic E-state index is 0.203. The van der Waals surface area contributed by atoms with Gasteiger partial charge in [0.25, 0.3) is 0 Å². The summed E-state index contributed by atoms with van der Waals surface area (Å²) in [5.41, 5.74) is 5.77. The fourth-order valence-electron chi connectivity index (χ4n) is 3.34. The Labute approximate surface area is 159 Å². The van der Waals surface area contributed by atoms with Crippen molar-refractivity contribution in [3.05, 3.63) is 96.0 Å². The Morgan fingerprint density at radius 3 is 2.67 bits per heavy atom. The van der Waals surface area contributed by atoms with Crippen LogP contribution >= 0.6 is 0 Å². The van der Waals surface area contributed by atoms with Gasteiger partial charge in [0.05, 0.1) is 18.1 Å². The average molecular weight is 357 g/mol. The van der Waals surface area contributed by atoms with E-state index in [2.05, 4.69) is 60.7 Å². The van der Waals surface area contributed by atoms with Crippen molar-refractivity contribution >= 4 is 0 Å². The van der Waals surface area contributed by atoms with Crippen molar-refractivity contribution in [3.63, 3.8) is 0 Å². The van der Waals surface area contributed by atoms with Crippen molar-refractivity contribution < 1.29 is 4.42 Å². The molecule has 0 aliphatic heterocycles. The van der Waals surface area contributed by atoms with Crippen LogP contribution in [0.5, 0.6) is 0 Å². The second kappa shape index (κ2) is 7.64. The largest absolute Gasteiger partial charge is 0.464 e. The van der Waals surface area contributed by atoms with Crippen molar-refractivity contribution in [2.24, 2.45) is 0 Å². The van der Waals surface area contributed by atoms with Crippen molar-refractivity contribution in [2.45, 2.75) is 26.4 Å². The van der Waals surface area contributed by atoms with E-state index in [0.717, 1.165) is 29.2 Å². The molecule has 0 bridgehead atoms. The summed E-state index contributed by atoms with van der Waals surface area (Å²) in [7, 11) is 0. The quantitative estimate of drug-likeness (QED) is 0.510. The van der Waals surface area contributed by atoms with Gasteiger partial charge in [-0.3, -0.25) is 0 Å². The summed E-state index contributed by atoms with van der Waals surface area (Å²) in [4.78, 5) is 0. The highest BCUT2D eigenvalue weighted by Crippen LogP contribution is 2.23. The van der Waals surface area contributed by atoms with E-state index < -0.39 is 0 Å².